The number of benzene rings is 1. The zero-order valence-corrected chi connectivity index (χ0v) is 10.1. The van der Waals surface area contributed by atoms with Crippen LogP contribution in [0.1, 0.15) is 15.9 Å². The topological polar surface area (TPSA) is 61.4 Å². The van der Waals surface area contributed by atoms with Gasteiger partial charge in [-0.25, -0.2) is 4.79 Å². The molecule has 0 saturated carbocycles. The van der Waals surface area contributed by atoms with E-state index in [0.29, 0.717) is 18.2 Å². The third-order valence-corrected chi connectivity index (χ3v) is 2.35. The molecule has 90 valence electrons. The van der Waals surface area contributed by atoms with E-state index in [1.807, 2.05) is 0 Å². The summed E-state index contributed by atoms with van der Waals surface area (Å²) in [5.41, 5.74) is 1.25. The molecule has 1 aromatic rings. The van der Waals surface area contributed by atoms with Gasteiger partial charge in [-0.2, -0.15) is 0 Å². The van der Waals surface area contributed by atoms with Gasteiger partial charge in [0, 0.05) is 13.1 Å². The average molecular weight is 250 g/mol. The maximum Gasteiger partial charge on any atom is 0.335 e. The Balaban J connectivity index is 2.44. The van der Waals surface area contributed by atoms with Crippen molar-refractivity contribution in [3.05, 3.63) is 48.0 Å². The van der Waals surface area contributed by atoms with Gasteiger partial charge in [-0.3, -0.25) is 0 Å². The van der Waals surface area contributed by atoms with Crippen molar-refractivity contribution in [2.45, 2.75) is 6.54 Å². The highest BCUT2D eigenvalue weighted by Gasteiger charge is 2.01. The number of hydrogen-bond donors (Lipinski definition) is 3. The Bertz CT molecular complexity index is 415. The van der Waals surface area contributed by atoms with E-state index in [0.717, 1.165) is 5.56 Å². The predicted molar refractivity (Wildman–Crippen MR) is 71.0 cm³/mol. The van der Waals surface area contributed by atoms with Crippen LogP contribution in [0.4, 0.5) is 0 Å². The van der Waals surface area contributed by atoms with E-state index in [9.17, 15) is 4.79 Å². The first-order chi connectivity index (χ1) is 8.13. The fraction of sp³-hybridized carbons (Fsp3) is 0.167. The molecule has 0 fully saturated rings. The van der Waals surface area contributed by atoms with Crippen molar-refractivity contribution in [2.24, 2.45) is 0 Å². The number of nitrogens with one attached hydrogen (secondary N) is 2. The fourth-order valence-corrected chi connectivity index (χ4v) is 1.33. The maximum atomic E-state index is 10.6. The Morgan fingerprint density at radius 2 is 2.00 bits per heavy atom. The lowest BCUT2D eigenvalue weighted by Crippen LogP contribution is -2.34. The first-order valence-electron chi connectivity index (χ1n) is 5.08. The Kier molecular flexibility index (Phi) is 5.16. The van der Waals surface area contributed by atoms with Crippen LogP contribution in [0, 0.1) is 0 Å². The lowest BCUT2D eigenvalue weighted by atomic mass is 10.1. The minimum Gasteiger partial charge on any atom is -0.478 e. The summed E-state index contributed by atoms with van der Waals surface area (Å²) in [7, 11) is 0. The molecule has 0 heterocycles. The van der Waals surface area contributed by atoms with E-state index >= 15 is 0 Å². The second kappa shape index (κ2) is 6.65. The minimum atomic E-state index is -0.923. The maximum absolute atomic E-state index is 10.6. The Hall–Kier alpha value is -1.88. The number of aromatic carboxylic acids is 1. The van der Waals surface area contributed by atoms with E-state index in [-0.39, 0.29) is 5.56 Å². The first-order valence-corrected chi connectivity index (χ1v) is 5.49. The van der Waals surface area contributed by atoms with Gasteiger partial charge >= 0.3 is 5.97 Å². The third-order valence-electron chi connectivity index (χ3n) is 2.06. The lowest BCUT2D eigenvalue weighted by molar-refractivity contribution is 0.0697. The Labute approximate surface area is 105 Å². The molecule has 5 heteroatoms. The lowest BCUT2D eigenvalue weighted by Gasteiger charge is -2.08. The molecule has 0 aliphatic heterocycles. The van der Waals surface area contributed by atoms with Gasteiger partial charge in [0.1, 0.15) is 0 Å². The molecular formula is C12H14N2O2S. The van der Waals surface area contributed by atoms with Crippen LogP contribution in [0.15, 0.2) is 36.9 Å². The number of carbonyl (C=O) groups is 1. The molecule has 3 N–H and O–H groups in total. The molecule has 0 radical (unpaired) electrons. The van der Waals surface area contributed by atoms with Crippen molar-refractivity contribution < 1.29 is 9.90 Å². The first kappa shape index (κ1) is 13.2. The van der Waals surface area contributed by atoms with Crippen LogP contribution in [0.25, 0.3) is 0 Å². The number of carboxylic acid groups (broad SMARTS) is 1. The van der Waals surface area contributed by atoms with Gasteiger partial charge in [0.2, 0.25) is 0 Å². The van der Waals surface area contributed by atoms with Crippen LogP contribution < -0.4 is 10.6 Å². The van der Waals surface area contributed by atoms with Crippen LogP contribution in [-0.2, 0) is 6.54 Å². The normalized spacial score (nSPS) is 9.41. The van der Waals surface area contributed by atoms with E-state index < -0.39 is 5.97 Å². The highest BCUT2D eigenvalue weighted by molar-refractivity contribution is 7.80. The van der Waals surface area contributed by atoms with Gasteiger partial charge in [-0.1, -0.05) is 18.2 Å². The summed E-state index contributed by atoms with van der Waals surface area (Å²) < 4.78 is 0. The molecular weight excluding hydrogens is 236 g/mol. The van der Waals surface area contributed by atoms with Gasteiger partial charge in [0.15, 0.2) is 5.11 Å². The summed E-state index contributed by atoms with van der Waals surface area (Å²) in [6.07, 6.45) is 1.72. The fourth-order valence-electron chi connectivity index (χ4n) is 1.17. The van der Waals surface area contributed by atoms with Gasteiger partial charge in [0.25, 0.3) is 0 Å². The quantitative estimate of drug-likeness (QED) is 0.546. The van der Waals surface area contributed by atoms with Crippen LogP contribution in [0.5, 0.6) is 0 Å². The summed E-state index contributed by atoms with van der Waals surface area (Å²) in [4.78, 5) is 10.6. The number of thiocarbonyl (C=S) groups is 1. The summed E-state index contributed by atoms with van der Waals surface area (Å²) in [6, 6.07) is 6.65. The summed E-state index contributed by atoms with van der Waals surface area (Å²) >= 11 is 5.02. The molecule has 17 heavy (non-hydrogen) atoms. The Morgan fingerprint density at radius 3 is 2.53 bits per heavy atom. The second-order valence-corrected chi connectivity index (χ2v) is 3.76. The molecule has 4 nitrogen and oxygen atoms in total. The van der Waals surface area contributed by atoms with Crippen LogP contribution in [0.2, 0.25) is 0 Å². The summed E-state index contributed by atoms with van der Waals surface area (Å²) in [6.45, 7) is 4.74. The number of rotatable bonds is 5. The van der Waals surface area contributed by atoms with Crippen molar-refractivity contribution in [1.29, 1.82) is 0 Å². The van der Waals surface area contributed by atoms with Crippen molar-refractivity contribution in [2.75, 3.05) is 6.54 Å². The highest BCUT2D eigenvalue weighted by Crippen LogP contribution is 2.03. The molecule has 0 spiro atoms. The van der Waals surface area contributed by atoms with E-state index in [4.69, 9.17) is 17.3 Å². The molecule has 0 aromatic heterocycles. The molecule has 0 saturated heterocycles. The van der Waals surface area contributed by atoms with Crippen LogP contribution in [0.3, 0.4) is 0 Å². The van der Waals surface area contributed by atoms with Gasteiger partial charge in [0.05, 0.1) is 5.56 Å². The Morgan fingerprint density at radius 1 is 1.35 bits per heavy atom. The van der Waals surface area contributed by atoms with Crippen molar-refractivity contribution in [1.82, 2.24) is 10.6 Å². The predicted octanol–water partition coefficient (Wildman–Crippen LogP) is 1.53. The molecule has 0 aliphatic rings. The van der Waals surface area contributed by atoms with Crippen molar-refractivity contribution in [3.63, 3.8) is 0 Å². The van der Waals surface area contributed by atoms with E-state index in [1.54, 1.807) is 30.3 Å². The summed E-state index contributed by atoms with van der Waals surface area (Å²) in [5.74, 6) is -0.923. The molecule has 0 bridgehead atoms. The molecule has 1 rings (SSSR count). The van der Waals surface area contributed by atoms with Crippen molar-refractivity contribution in [3.8, 4) is 0 Å². The second-order valence-electron chi connectivity index (χ2n) is 3.35. The third kappa shape index (κ3) is 4.65. The summed E-state index contributed by atoms with van der Waals surface area (Å²) in [5, 5.41) is 15.2. The van der Waals surface area contributed by atoms with Gasteiger partial charge in [-0.15, -0.1) is 6.58 Å². The molecule has 1 aromatic carbocycles. The van der Waals surface area contributed by atoms with Gasteiger partial charge in [-0.05, 0) is 29.9 Å². The van der Waals surface area contributed by atoms with Crippen molar-refractivity contribution >= 4 is 23.3 Å². The smallest absolute Gasteiger partial charge is 0.335 e. The van der Waals surface area contributed by atoms with Gasteiger partial charge < -0.3 is 15.7 Å². The van der Waals surface area contributed by atoms with Crippen LogP contribution in [-0.4, -0.2) is 22.7 Å². The average Bonchev–Trinajstić information content (AvgIpc) is 2.34. The van der Waals surface area contributed by atoms with E-state index in [1.165, 1.54) is 0 Å². The zero-order valence-electron chi connectivity index (χ0n) is 9.27. The minimum absolute atomic E-state index is 0.279. The molecule has 0 amide bonds. The molecule has 0 atom stereocenters. The standard InChI is InChI=1S/C12H14N2O2S/c1-2-7-13-12(17)14-8-9-3-5-10(6-4-9)11(15)16/h2-6H,1,7-8H2,(H,15,16)(H2,13,14,17). The zero-order chi connectivity index (χ0) is 12.7. The van der Waals surface area contributed by atoms with Crippen LogP contribution >= 0.6 is 12.2 Å². The van der Waals surface area contributed by atoms with E-state index in [2.05, 4.69) is 17.2 Å². The SMILES string of the molecule is C=CCNC(=S)NCc1ccc(C(=O)O)cc1. The largest absolute Gasteiger partial charge is 0.478 e. The monoisotopic (exact) mass is 250 g/mol. The number of hydrogen-bond acceptors (Lipinski definition) is 2. The molecule has 0 aliphatic carbocycles. The molecule has 0 unspecified atom stereocenters. The number of carboxylic acids is 1. The highest BCUT2D eigenvalue weighted by atomic mass is 32.1.